The first-order chi connectivity index (χ1) is 10.0. The normalized spacial score (nSPS) is 22.8. The Kier molecular flexibility index (Phi) is 5.07. The highest BCUT2D eigenvalue weighted by atomic mass is 16.5. The van der Waals surface area contributed by atoms with Gasteiger partial charge in [-0.2, -0.15) is 0 Å². The molecule has 116 valence electrons. The maximum atomic E-state index is 11.4. The standard InChI is InChI=1S/C16H24N2O3/c1-11-4-5-13(16(17)19)10-18(11)9-12-6-7-14(20-2)8-15(12)21-3/h6-8,11,13H,4-5,9-10H2,1-3H3,(H2,17,19)/t11-,13-/m0/s1. The van der Waals surface area contributed by atoms with E-state index in [9.17, 15) is 4.79 Å². The molecule has 1 heterocycles. The van der Waals surface area contributed by atoms with Gasteiger partial charge in [0.05, 0.1) is 20.1 Å². The maximum Gasteiger partial charge on any atom is 0.221 e. The van der Waals surface area contributed by atoms with Crippen molar-refractivity contribution < 1.29 is 14.3 Å². The average Bonchev–Trinajstić information content (AvgIpc) is 2.49. The van der Waals surface area contributed by atoms with Crippen LogP contribution in [-0.2, 0) is 11.3 Å². The van der Waals surface area contributed by atoms with Gasteiger partial charge < -0.3 is 15.2 Å². The van der Waals surface area contributed by atoms with Gasteiger partial charge >= 0.3 is 0 Å². The van der Waals surface area contributed by atoms with E-state index in [4.69, 9.17) is 15.2 Å². The molecule has 1 fully saturated rings. The van der Waals surface area contributed by atoms with Gasteiger partial charge in [-0.3, -0.25) is 9.69 Å². The Morgan fingerprint density at radius 2 is 2.10 bits per heavy atom. The second-order valence-electron chi connectivity index (χ2n) is 5.63. The van der Waals surface area contributed by atoms with Gasteiger partial charge in [0.1, 0.15) is 11.5 Å². The zero-order valence-electron chi connectivity index (χ0n) is 13.0. The smallest absolute Gasteiger partial charge is 0.221 e. The Balaban J connectivity index is 2.14. The number of nitrogens with zero attached hydrogens (tertiary/aromatic N) is 1. The first-order valence-corrected chi connectivity index (χ1v) is 7.29. The summed E-state index contributed by atoms with van der Waals surface area (Å²) in [6, 6.07) is 6.26. The Morgan fingerprint density at radius 1 is 1.33 bits per heavy atom. The topological polar surface area (TPSA) is 64.8 Å². The van der Waals surface area contributed by atoms with Gasteiger partial charge in [0.2, 0.25) is 5.91 Å². The predicted molar refractivity (Wildman–Crippen MR) is 81.3 cm³/mol. The van der Waals surface area contributed by atoms with Crippen LogP contribution in [0.2, 0.25) is 0 Å². The highest BCUT2D eigenvalue weighted by molar-refractivity contribution is 5.77. The molecule has 1 aromatic carbocycles. The summed E-state index contributed by atoms with van der Waals surface area (Å²) in [5.74, 6) is 1.33. The summed E-state index contributed by atoms with van der Waals surface area (Å²) in [7, 11) is 3.29. The van der Waals surface area contributed by atoms with E-state index in [0.717, 1.165) is 36.4 Å². The number of carbonyl (C=O) groups is 1. The third-order valence-electron chi connectivity index (χ3n) is 4.28. The molecule has 1 saturated heterocycles. The number of ether oxygens (including phenoxy) is 2. The third-order valence-corrected chi connectivity index (χ3v) is 4.28. The molecule has 2 atom stereocenters. The average molecular weight is 292 g/mol. The van der Waals surface area contributed by atoms with Crippen LogP contribution in [0.15, 0.2) is 18.2 Å². The van der Waals surface area contributed by atoms with Crippen molar-refractivity contribution in [3.8, 4) is 11.5 Å². The van der Waals surface area contributed by atoms with Gasteiger partial charge in [-0.1, -0.05) is 6.07 Å². The third kappa shape index (κ3) is 3.67. The van der Waals surface area contributed by atoms with E-state index in [1.165, 1.54) is 0 Å². The van der Waals surface area contributed by atoms with Gasteiger partial charge in [-0.15, -0.1) is 0 Å². The van der Waals surface area contributed by atoms with Crippen LogP contribution >= 0.6 is 0 Å². The Morgan fingerprint density at radius 3 is 2.71 bits per heavy atom. The summed E-state index contributed by atoms with van der Waals surface area (Å²) < 4.78 is 10.7. The van der Waals surface area contributed by atoms with E-state index in [-0.39, 0.29) is 11.8 Å². The molecule has 5 nitrogen and oxygen atoms in total. The van der Waals surface area contributed by atoms with Crippen molar-refractivity contribution >= 4 is 5.91 Å². The lowest BCUT2D eigenvalue weighted by Gasteiger charge is -2.37. The number of piperidine rings is 1. The molecule has 1 aromatic rings. The molecule has 0 saturated carbocycles. The lowest BCUT2D eigenvalue weighted by molar-refractivity contribution is -0.124. The number of hydrogen-bond acceptors (Lipinski definition) is 4. The summed E-state index contributed by atoms with van der Waals surface area (Å²) in [5, 5.41) is 0. The van der Waals surface area contributed by atoms with Gasteiger partial charge in [0.25, 0.3) is 0 Å². The largest absolute Gasteiger partial charge is 0.497 e. The van der Waals surface area contributed by atoms with Crippen molar-refractivity contribution in [2.75, 3.05) is 20.8 Å². The Hall–Kier alpha value is -1.75. The fraction of sp³-hybridized carbons (Fsp3) is 0.562. The van der Waals surface area contributed by atoms with Crippen molar-refractivity contribution in [1.82, 2.24) is 4.90 Å². The monoisotopic (exact) mass is 292 g/mol. The minimum absolute atomic E-state index is 0.0505. The number of carbonyl (C=O) groups excluding carboxylic acids is 1. The van der Waals surface area contributed by atoms with Crippen LogP contribution in [0.25, 0.3) is 0 Å². The summed E-state index contributed by atoms with van der Waals surface area (Å²) >= 11 is 0. The molecular formula is C16H24N2O3. The van der Waals surface area contributed by atoms with Crippen molar-refractivity contribution in [3.63, 3.8) is 0 Å². The number of primary amides is 1. The van der Waals surface area contributed by atoms with Gasteiger partial charge in [-0.05, 0) is 25.8 Å². The van der Waals surface area contributed by atoms with Crippen LogP contribution in [-0.4, -0.2) is 37.6 Å². The molecule has 0 spiro atoms. The fourth-order valence-electron chi connectivity index (χ4n) is 2.83. The van der Waals surface area contributed by atoms with Crippen LogP contribution in [0.1, 0.15) is 25.3 Å². The number of hydrogen-bond donors (Lipinski definition) is 1. The van der Waals surface area contributed by atoms with Crippen molar-refractivity contribution in [1.29, 1.82) is 0 Å². The zero-order valence-corrected chi connectivity index (χ0v) is 13.0. The highest BCUT2D eigenvalue weighted by Crippen LogP contribution is 2.29. The molecule has 1 amide bonds. The number of methoxy groups -OCH3 is 2. The summed E-state index contributed by atoms with van der Waals surface area (Å²) in [6.07, 6.45) is 1.87. The fourth-order valence-corrected chi connectivity index (χ4v) is 2.83. The molecule has 5 heteroatoms. The molecule has 0 radical (unpaired) electrons. The van der Waals surface area contributed by atoms with Crippen LogP contribution in [0.5, 0.6) is 11.5 Å². The molecule has 2 N–H and O–H groups in total. The minimum atomic E-state index is -0.200. The molecule has 0 unspecified atom stereocenters. The van der Waals surface area contributed by atoms with Crippen molar-refractivity contribution in [3.05, 3.63) is 23.8 Å². The predicted octanol–water partition coefficient (Wildman–Crippen LogP) is 1.79. The van der Waals surface area contributed by atoms with E-state index < -0.39 is 0 Å². The van der Waals surface area contributed by atoms with Crippen LogP contribution in [0.4, 0.5) is 0 Å². The Labute approximate surface area is 126 Å². The van der Waals surface area contributed by atoms with Gasteiger partial charge in [0, 0.05) is 30.8 Å². The van der Waals surface area contributed by atoms with Crippen molar-refractivity contribution in [2.45, 2.75) is 32.4 Å². The van der Waals surface area contributed by atoms with E-state index in [2.05, 4.69) is 11.8 Å². The number of benzene rings is 1. The molecular weight excluding hydrogens is 268 g/mol. The molecule has 1 aliphatic heterocycles. The first-order valence-electron chi connectivity index (χ1n) is 7.29. The lowest BCUT2D eigenvalue weighted by atomic mass is 9.92. The quantitative estimate of drug-likeness (QED) is 0.898. The summed E-state index contributed by atoms with van der Waals surface area (Å²) in [4.78, 5) is 13.7. The molecule has 1 aliphatic rings. The van der Waals surface area contributed by atoms with Crippen LogP contribution in [0, 0.1) is 5.92 Å². The van der Waals surface area contributed by atoms with Crippen LogP contribution < -0.4 is 15.2 Å². The van der Waals surface area contributed by atoms with Crippen LogP contribution in [0.3, 0.4) is 0 Å². The zero-order chi connectivity index (χ0) is 15.4. The SMILES string of the molecule is COc1ccc(CN2C[C@@H](C(N)=O)CC[C@@H]2C)c(OC)c1. The number of amides is 1. The van der Waals surface area contributed by atoms with E-state index in [1.807, 2.05) is 18.2 Å². The number of likely N-dealkylation sites (tertiary alicyclic amines) is 1. The summed E-state index contributed by atoms with van der Waals surface area (Å²) in [5.41, 5.74) is 6.55. The van der Waals surface area contributed by atoms with E-state index in [1.54, 1.807) is 14.2 Å². The number of nitrogens with two attached hydrogens (primary N) is 1. The summed E-state index contributed by atoms with van der Waals surface area (Å²) in [6.45, 7) is 3.65. The number of rotatable bonds is 5. The molecule has 21 heavy (non-hydrogen) atoms. The minimum Gasteiger partial charge on any atom is -0.497 e. The molecule has 2 rings (SSSR count). The van der Waals surface area contributed by atoms with Crippen molar-refractivity contribution in [2.24, 2.45) is 11.7 Å². The van der Waals surface area contributed by atoms with Gasteiger partial charge in [0.15, 0.2) is 0 Å². The molecule has 0 bridgehead atoms. The maximum absolute atomic E-state index is 11.4. The molecule has 0 aliphatic carbocycles. The van der Waals surface area contributed by atoms with Gasteiger partial charge in [-0.25, -0.2) is 0 Å². The van der Waals surface area contributed by atoms with E-state index >= 15 is 0 Å². The second kappa shape index (κ2) is 6.80. The first kappa shape index (κ1) is 15.6. The lowest BCUT2D eigenvalue weighted by Crippen LogP contribution is -2.45. The second-order valence-corrected chi connectivity index (χ2v) is 5.63. The Bertz CT molecular complexity index is 504. The molecule has 0 aromatic heterocycles. The highest BCUT2D eigenvalue weighted by Gasteiger charge is 2.29. The van der Waals surface area contributed by atoms with E-state index in [0.29, 0.717) is 12.6 Å².